The molecule has 2 aromatic rings. The number of alkyl halides is 3. The first kappa shape index (κ1) is 17.0. The van der Waals surface area contributed by atoms with E-state index in [1.165, 1.54) is 0 Å². The van der Waals surface area contributed by atoms with Gasteiger partial charge in [-0.3, -0.25) is 4.57 Å². The highest BCUT2D eigenvalue weighted by Crippen LogP contribution is 2.58. The molecule has 0 unspecified atom stereocenters. The molecular weight excluding hydrogens is 347 g/mol. The predicted molar refractivity (Wildman–Crippen MR) is 89.6 cm³/mol. The molecule has 3 heterocycles. The molecule has 0 radical (unpaired) electrons. The summed E-state index contributed by atoms with van der Waals surface area (Å²) in [5.74, 6) is 1.48. The minimum Gasteiger partial charge on any atom is -0.373 e. The minimum absolute atomic E-state index is 0.0649. The average molecular weight is 367 g/mol. The zero-order chi connectivity index (χ0) is 18.5. The third-order valence-corrected chi connectivity index (χ3v) is 5.68. The van der Waals surface area contributed by atoms with Crippen LogP contribution in [0.15, 0.2) is 12.3 Å². The molecule has 1 N–H and O–H groups in total. The van der Waals surface area contributed by atoms with Crippen LogP contribution in [0.2, 0.25) is 0 Å². The van der Waals surface area contributed by atoms with Crippen molar-refractivity contribution in [1.82, 2.24) is 24.7 Å². The molecule has 0 amide bonds. The van der Waals surface area contributed by atoms with E-state index in [0.29, 0.717) is 42.8 Å². The maximum atomic E-state index is 13.8. The molecule has 2 fully saturated rings. The Balaban J connectivity index is 1.65. The largest absolute Gasteiger partial charge is 0.396 e. The van der Waals surface area contributed by atoms with Crippen LogP contribution >= 0.6 is 0 Å². The van der Waals surface area contributed by atoms with Gasteiger partial charge >= 0.3 is 6.18 Å². The van der Waals surface area contributed by atoms with E-state index in [1.807, 2.05) is 0 Å². The summed E-state index contributed by atoms with van der Waals surface area (Å²) < 4.78 is 42.9. The van der Waals surface area contributed by atoms with Crippen LogP contribution in [0.4, 0.5) is 24.9 Å². The van der Waals surface area contributed by atoms with Crippen molar-refractivity contribution in [3.8, 4) is 11.6 Å². The lowest BCUT2D eigenvalue weighted by molar-refractivity contribution is -0.224. The molecule has 26 heavy (non-hydrogen) atoms. The first-order valence-electron chi connectivity index (χ1n) is 8.58. The van der Waals surface area contributed by atoms with Crippen molar-refractivity contribution in [3.63, 3.8) is 0 Å². The monoisotopic (exact) mass is 367 g/mol. The number of nitrogens with one attached hydrogen (secondary N) is 1. The zero-order valence-electron chi connectivity index (χ0n) is 14.6. The molecule has 7 nitrogen and oxygen atoms in total. The summed E-state index contributed by atoms with van der Waals surface area (Å²) >= 11 is 0. The van der Waals surface area contributed by atoms with E-state index in [4.69, 9.17) is 0 Å². The quantitative estimate of drug-likeness (QED) is 0.899. The maximum Gasteiger partial charge on any atom is 0.396 e. The van der Waals surface area contributed by atoms with Gasteiger partial charge in [-0.15, -0.1) is 10.2 Å². The van der Waals surface area contributed by atoms with Crippen molar-refractivity contribution < 1.29 is 13.2 Å². The molecule has 1 aliphatic heterocycles. The Hall–Kier alpha value is -2.39. The van der Waals surface area contributed by atoms with Crippen molar-refractivity contribution in [1.29, 1.82) is 0 Å². The van der Waals surface area contributed by atoms with Crippen LogP contribution in [0.1, 0.15) is 19.3 Å². The third kappa shape index (κ3) is 2.42. The molecule has 0 bridgehead atoms. The van der Waals surface area contributed by atoms with E-state index in [0.717, 1.165) is 0 Å². The normalized spacial score (nSPS) is 25.6. The lowest BCUT2D eigenvalue weighted by Crippen LogP contribution is -2.42. The fourth-order valence-electron chi connectivity index (χ4n) is 4.30. The molecule has 140 valence electrons. The van der Waals surface area contributed by atoms with Crippen LogP contribution in [0, 0.1) is 11.3 Å². The summed E-state index contributed by atoms with van der Waals surface area (Å²) in [6.07, 6.45) is -1.17. The second kappa shape index (κ2) is 5.82. The van der Waals surface area contributed by atoms with Crippen LogP contribution in [0.25, 0.3) is 11.6 Å². The molecule has 0 spiro atoms. The van der Waals surface area contributed by atoms with Crippen LogP contribution in [-0.2, 0) is 7.05 Å². The molecule has 4 rings (SSSR count). The summed E-state index contributed by atoms with van der Waals surface area (Å²) in [6.45, 7) is 0.285. The molecule has 1 saturated carbocycles. The van der Waals surface area contributed by atoms with Crippen molar-refractivity contribution in [3.05, 3.63) is 12.3 Å². The molecule has 2 aromatic heterocycles. The van der Waals surface area contributed by atoms with E-state index < -0.39 is 11.6 Å². The van der Waals surface area contributed by atoms with Gasteiger partial charge in [-0.2, -0.15) is 13.2 Å². The van der Waals surface area contributed by atoms with Gasteiger partial charge in [-0.05, 0) is 24.8 Å². The second-order valence-corrected chi connectivity index (χ2v) is 7.02. The number of hydrogen-bond acceptors (Lipinski definition) is 6. The Labute approximate surface area is 148 Å². The van der Waals surface area contributed by atoms with Gasteiger partial charge in [0.25, 0.3) is 0 Å². The molecule has 1 saturated heterocycles. The molecule has 10 heteroatoms. The smallest absolute Gasteiger partial charge is 0.373 e. The summed E-state index contributed by atoms with van der Waals surface area (Å²) in [4.78, 5) is 10.2. The average Bonchev–Trinajstić information content (AvgIpc) is 3.26. The van der Waals surface area contributed by atoms with E-state index in [1.54, 1.807) is 35.8 Å². The topological polar surface area (TPSA) is 71.8 Å². The van der Waals surface area contributed by atoms with E-state index >= 15 is 0 Å². The highest BCUT2D eigenvalue weighted by molar-refractivity contribution is 5.51. The minimum atomic E-state index is -4.20. The first-order valence-corrected chi connectivity index (χ1v) is 8.58. The van der Waals surface area contributed by atoms with Crippen LogP contribution in [-0.4, -0.2) is 51.0 Å². The van der Waals surface area contributed by atoms with Crippen molar-refractivity contribution in [2.75, 3.05) is 30.4 Å². The van der Waals surface area contributed by atoms with Gasteiger partial charge in [0.05, 0.1) is 5.41 Å². The van der Waals surface area contributed by atoms with E-state index in [9.17, 15) is 13.2 Å². The maximum absolute atomic E-state index is 13.8. The van der Waals surface area contributed by atoms with Crippen LogP contribution in [0.3, 0.4) is 0 Å². The lowest BCUT2D eigenvalue weighted by atomic mass is 9.80. The second-order valence-electron chi connectivity index (χ2n) is 7.02. The fourth-order valence-corrected chi connectivity index (χ4v) is 4.30. The highest BCUT2D eigenvalue weighted by Gasteiger charge is 2.65. The van der Waals surface area contributed by atoms with Gasteiger partial charge < -0.3 is 10.2 Å². The number of hydrogen-bond donors (Lipinski definition) is 1. The van der Waals surface area contributed by atoms with Gasteiger partial charge in [-0.1, -0.05) is 6.42 Å². The van der Waals surface area contributed by atoms with Crippen molar-refractivity contribution in [2.24, 2.45) is 18.4 Å². The fraction of sp³-hybridized carbons (Fsp3) is 0.625. The van der Waals surface area contributed by atoms with Crippen molar-refractivity contribution in [2.45, 2.75) is 25.4 Å². The highest BCUT2D eigenvalue weighted by atomic mass is 19.4. The van der Waals surface area contributed by atoms with Gasteiger partial charge in [-0.25, -0.2) is 9.97 Å². The van der Waals surface area contributed by atoms with E-state index in [-0.39, 0.29) is 18.9 Å². The number of fused-ring (bicyclic) bond motifs is 1. The Morgan fingerprint density at radius 2 is 2.12 bits per heavy atom. The third-order valence-electron chi connectivity index (χ3n) is 5.68. The zero-order valence-corrected chi connectivity index (χ0v) is 14.6. The van der Waals surface area contributed by atoms with Gasteiger partial charge in [0.2, 0.25) is 11.8 Å². The first-order chi connectivity index (χ1) is 12.4. The van der Waals surface area contributed by atoms with Crippen LogP contribution in [0.5, 0.6) is 0 Å². The number of aromatic nitrogens is 5. The summed E-state index contributed by atoms with van der Waals surface area (Å²) in [5, 5.41) is 11.2. The standard InChI is InChI=1S/C16H20F3N7/c1-20-11-5-7-21-12(22-11)13-23-24-14(25(13)2)26-8-10-4-3-6-15(10,9-26)16(17,18)19/h5,7,10H,3-4,6,8-9H2,1-2H3,(H,20,21,22)/t10-,15-/m0/s1. The SMILES string of the molecule is CNc1ccnc(-c2nnc(N3C[C@@H]4CCC[C@]4(C(F)(F)F)C3)n2C)n1. The van der Waals surface area contributed by atoms with Gasteiger partial charge in [0.15, 0.2) is 5.82 Å². The van der Waals surface area contributed by atoms with E-state index in [2.05, 4.69) is 25.5 Å². The number of nitrogens with zero attached hydrogens (tertiary/aromatic N) is 6. The molecule has 2 aliphatic rings. The number of rotatable bonds is 3. The molecular formula is C16H20F3N7. The number of anilines is 2. The Kier molecular flexibility index (Phi) is 3.81. The Bertz CT molecular complexity index is 818. The van der Waals surface area contributed by atoms with Gasteiger partial charge in [0, 0.05) is 33.4 Å². The van der Waals surface area contributed by atoms with Crippen LogP contribution < -0.4 is 10.2 Å². The molecule has 0 aromatic carbocycles. The molecule has 2 atom stereocenters. The lowest BCUT2D eigenvalue weighted by Gasteiger charge is -2.31. The van der Waals surface area contributed by atoms with Crippen molar-refractivity contribution >= 4 is 11.8 Å². The Morgan fingerprint density at radius 1 is 1.31 bits per heavy atom. The molecule has 1 aliphatic carbocycles. The summed E-state index contributed by atoms with van der Waals surface area (Å²) in [5.41, 5.74) is -1.62. The van der Waals surface area contributed by atoms with Gasteiger partial charge in [0.1, 0.15) is 5.82 Å². The predicted octanol–water partition coefficient (Wildman–Crippen LogP) is 2.48. The summed E-state index contributed by atoms with van der Waals surface area (Å²) in [6, 6.07) is 1.72. The summed E-state index contributed by atoms with van der Waals surface area (Å²) in [7, 11) is 3.47. The Morgan fingerprint density at radius 3 is 2.81 bits per heavy atom. The number of halogens is 3.